The third-order valence-corrected chi connectivity index (χ3v) is 6.43. The van der Waals surface area contributed by atoms with Crippen LogP contribution < -0.4 is 16.4 Å². The highest BCUT2D eigenvalue weighted by Gasteiger charge is 2.14. The predicted octanol–water partition coefficient (Wildman–Crippen LogP) is 9.79. The molecule has 4 N–H and O–H groups in total. The Morgan fingerprint density at radius 3 is 1.16 bits per heavy atom. The third-order valence-electron chi connectivity index (χ3n) is 6.00. The van der Waals surface area contributed by atoms with E-state index in [0.29, 0.717) is 11.4 Å². The van der Waals surface area contributed by atoms with E-state index in [2.05, 4.69) is 30.7 Å². The Bertz CT molecular complexity index is 1900. The molecule has 0 unspecified atom stereocenters. The zero-order valence-electron chi connectivity index (χ0n) is 25.3. The molecule has 5 aromatic carbocycles. The van der Waals surface area contributed by atoms with E-state index in [1.54, 1.807) is 48.5 Å². The van der Waals surface area contributed by atoms with Crippen molar-refractivity contribution in [1.29, 1.82) is 0 Å². The molecule has 0 aliphatic carbocycles. The number of nitrogens with zero attached hydrogens (tertiary/aromatic N) is 6. The SMILES string of the molecule is Nc1ccccc1.[N-]=[N+]=Nc1cc(C(=O)Cl)cc(C(=O)Cl)c1.[N-]=[N+]=Nc1cc(C(=O)Nc2ccccc2)cc(C(=O)Nc2ccccc2)c1. The summed E-state index contributed by atoms with van der Waals surface area (Å²) in [6, 6.07) is 35.4. The first-order valence-electron chi connectivity index (χ1n) is 13.9. The Morgan fingerprint density at radius 2 is 0.857 bits per heavy atom. The average molecular weight is 695 g/mol. The molecule has 0 saturated carbocycles. The van der Waals surface area contributed by atoms with E-state index in [-0.39, 0.29) is 33.6 Å². The van der Waals surface area contributed by atoms with E-state index in [1.165, 1.54) is 36.4 Å². The molecule has 0 radical (unpaired) electrons. The normalized spacial score (nSPS) is 9.43. The predicted molar refractivity (Wildman–Crippen MR) is 191 cm³/mol. The first-order valence-corrected chi connectivity index (χ1v) is 14.7. The van der Waals surface area contributed by atoms with Crippen molar-refractivity contribution in [1.82, 2.24) is 0 Å². The quantitative estimate of drug-likeness (QED) is 0.0474. The summed E-state index contributed by atoms with van der Waals surface area (Å²) in [7, 11) is 0. The van der Waals surface area contributed by atoms with Crippen molar-refractivity contribution in [3.05, 3.63) is 171 Å². The largest absolute Gasteiger partial charge is 0.399 e. The van der Waals surface area contributed by atoms with Crippen LogP contribution in [0.5, 0.6) is 0 Å². The van der Waals surface area contributed by atoms with Crippen LogP contribution in [0.4, 0.5) is 28.4 Å². The van der Waals surface area contributed by atoms with Crippen molar-refractivity contribution in [2.45, 2.75) is 0 Å². The molecule has 0 fully saturated rings. The molecule has 244 valence electrons. The van der Waals surface area contributed by atoms with Gasteiger partial charge >= 0.3 is 0 Å². The molecule has 13 nitrogen and oxygen atoms in total. The smallest absolute Gasteiger partial charge is 0.255 e. The first-order chi connectivity index (χ1) is 23.6. The lowest BCUT2D eigenvalue weighted by Gasteiger charge is -2.09. The van der Waals surface area contributed by atoms with E-state index in [1.807, 2.05) is 42.5 Å². The van der Waals surface area contributed by atoms with Gasteiger partial charge in [-0.1, -0.05) is 64.8 Å². The van der Waals surface area contributed by atoms with Crippen molar-refractivity contribution in [2.24, 2.45) is 10.2 Å². The summed E-state index contributed by atoms with van der Waals surface area (Å²) in [5, 5.41) is 10.7. The minimum absolute atomic E-state index is 0.0468. The minimum Gasteiger partial charge on any atom is -0.399 e. The van der Waals surface area contributed by atoms with Gasteiger partial charge in [-0.3, -0.25) is 19.2 Å². The fraction of sp³-hybridized carbons (Fsp3) is 0. The zero-order valence-corrected chi connectivity index (χ0v) is 26.8. The van der Waals surface area contributed by atoms with Gasteiger partial charge in [-0.05, 0) is 107 Å². The van der Waals surface area contributed by atoms with Gasteiger partial charge < -0.3 is 16.4 Å². The van der Waals surface area contributed by atoms with Crippen LogP contribution in [0, 0.1) is 0 Å². The number of carbonyl (C=O) groups is 4. The molecule has 5 aromatic rings. The Balaban J connectivity index is 0.000000246. The first kappa shape index (κ1) is 36.8. The van der Waals surface area contributed by atoms with Gasteiger partial charge in [0.1, 0.15) is 0 Å². The summed E-state index contributed by atoms with van der Waals surface area (Å²) < 4.78 is 0. The number of amides is 2. The van der Waals surface area contributed by atoms with Crippen LogP contribution in [0.1, 0.15) is 41.4 Å². The molecule has 0 bridgehead atoms. The summed E-state index contributed by atoms with van der Waals surface area (Å²) in [4.78, 5) is 52.0. The number of anilines is 3. The van der Waals surface area contributed by atoms with Crippen molar-refractivity contribution in [2.75, 3.05) is 16.4 Å². The Morgan fingerprint density at radius 1 is 0.531 bits per heavy atom. The summed E-state index contributed by atoms with van der Waals surface area (Å²) in [6.45, 7) is 0. The number of nitrogen functional groups attached to an aromatic ring is 1. The molecular formula is C34H25Cl2N9O4. The van der Waals surface area contributed by atoms with E-state index in [9.17, 15) is 19.2 Å². The van der Waals surface area contributed by atoms with Gasteiger partial charge in [-0.25, -0.2) is 0 Å². The van der Waals surface area contributed by atoms with Crippen molar-refractivity contribution in [3.63, 3.8) is 0 Å². The number of para-hydroxylation sites is 3. The zero-order chi connectivity index (χ0) is 35.6. The van der Waals surface area contributed by atoms with E-state index in [4.69, 9.17) is 40.0 Å². The highest BCUT2D eigenvalue weighted by Crippen LogP contribution is 2.22. The van der Waals surface area contributed by atoms with Gasteiger partial charge in [0, 0.05) is 60.5 Å². The number of hydrogen-bond donors (Lipinski definition) is 3. The van der Waals surface area contributed by atoms with Crippen molar-refractivity contribution < 1.29 is 19.2 Å². The maximum Gasteiger partial charge on any atom is 0.255 e. The van der Waals surface area contributed by atoms with Crippen LogP contribution in [0.2, 0.25) is 0 Å². The second-order valence-corrected chi connectivity index (χ2v) is 10.2. The Kier molecular flexibility index (Phi) is 14.4. The molecule has 0 atom stereocenters. The number of carbonyl (C=O) groups excluding carboxylic acids is 4. The second kappa shape index (κ2) is 19.1. The average Bonchev–Trinajstić information content (AvgIpc) is 3.10. The van der Waals surface area contributed by atoms with Gasteiger partial charge in [-0.15, -0.1) is 0 Å². The molecule has 15 heteroatoms. The summed E-state index contributed by atoms with van der Waals surface area (Å²) in [5.74, 6) is -0.824. The van der Waals surface area contributed by atoms with Crippen molar-refractivity contribution in [3.8, 4) is 0 Å². The maximum absolute atomic E-state index is 12.5. The molecule has 0 heterocycles. The highest BCUT2D eigenvalue weighted by atomic mass is 35.5. The van der Waals surface area contributed by atoms with Gasteiger partial charge in [0.25, 0.3) is 22.3 Å². The number of azide groups is 2. The minimum atomic E-state index is -0.760. The molecule has 0 saturated heterocycles. The lowest BCUT2D eigenvalue weighted by Crippen LogP contribution is -2.15. The Labute approximate surface area is 289 Å². The lowest BCUT2D eigenvalue weighted by molar-refractivity contribution is 0.102. The number of hydrogen-bond acceptors (Lipinski definition) is 7. The summed E-state index contributed by atoms with van der Waals surface area (Å²) in [5.41, 5.74) is 25.1. The number of halogens is 2. The molecule has 0 spiro atoms. The number of nitrogens with two attached hydrogens (primary N) is 1. The fourth-order valence-electron chi connectivity index (χ4n) is 3.83. The molecule has 0 aliphatic heterocycles. The Hall–Kier alpha value is -6.62. The summed E-state index contributed by atoms with van der Waals surface area (Å²) >= 11 is 10.4. The second-order valence-electron chi connectivity index (χ2n) is 9.51. The van der Waals surface area contributed by atoms with Crippen LogP contribution in [-0.4, -0.2) is 22.3 Å². The lowest BCUT2D eigenvalue weighted by atomic mass is 10.1. The fourth-order valence-corrected chi connectivity index (χ4v) is 4.05. The van der Waals surface area contributed by atoms with Gasteiger partial charge in [-0.2, -0.15) is 0 Å². The molecule has 5 rings (SSSR count). The van der Waals surface area contributed by atoms with Crippen LogP contribution in [0.15, 0.2) is 138 Å². The number of benzene rings is 5. The number of rotatable bonds is 8. The molecule has 0 aromatic heterocycles. The summed E-state index contributed by atoms with van der Waals surface area (Å²) in [6.07, 6.45) is 0. The maximum atomic E-state index is 12.5. The van der Waals surface area contributed by atoms with Crippen molar-refractivity contribution >= 4 is 73.9 Å². The molecule has 0 aliphatic rings. The molecule has 49 heavy (non-hydrogen) atoms. The van der Waals surface area contributed by atoms with Crippen LogP contribution in [0.3, 0.4) is 0 Å². The van der Waals surface area contributed by atoms with Crippen LogP contribution in [0.25, 0.3) is 20.9 Å². The van der Waals surface area contributed by atoms with E-state index >= 15 is 0 Å². The number of nitrogens with one attached hydrogen (secondary N) is 2. The van der Waals surface area contributed by atoms with Gasteiger partial charge in [0.2, 0.25) is 0 Å². The van der Waals surface area contributed by atoms with E-state index < -0.39 is 22.3 Å². The third kappa shape index (κ3) is 12.6. The monoisotopic (exact) mass is 693 g/mol. The highest BCUT2D eigenvalue weighted by molar-refractivity contribution is 6.69. The van der Waals surface area contributed by atoms with Crippen LogP contribution in [-0.2, 0) is 0 Å². The molecular weight excluding hydrogens is 669 g/mol. The standard InChI is InChI=1S/C20H15N5O2.C8H3Cl2N3O2.C6H7N/c21-25-24-18-12-14(19(26)22-16-7-3-1-4-8-16)11-15(13-18)20(27)23-17-9-5-2-6-10-17;9-7(14)4-1-5(8(10)15)3-6(2-4)12-13-11;7-6-4-2-1-3-5-6/h1-13H,(H,22,26)(H,23,27);1-3H;1-5H,7H2. The van der Waals surface area contributed by atoms with Gasteiger partial charge in [0.05, 0.1) is 0 Å². The van der Waals surface area contributed by atoms with Gasteiger partial charge in [0.15, 0.2) is 0 Å². The van der Waals surface area contributed by atoms with E-state index in [0.717, 1.165) is 5.69 Å². The van der Waals surface area contributed by atoms with Crippen LogP contribution >= 0.6 is 23.2 Å². The topological polar surface area (TPSA) is 216 Å². The molecule has 2 amide bonds.